The minimum atomic E-state index is -0.542. The minimum Gasteiger partial charge on any atom is -0.465 e. The van der Waals surface area contributed by atoms with Crippen molar-refractivity contribution in [1.29, 1.82) is 0 Å². The highest BCUT2D eigenvalue weighted by Gasteiger charge is 2.62. The molecule has 72 valence electrons. The number of hydrogen-bond acceptors (Lipinski definition) is 3. The fraction of sp³-hybridized carbons (Fsp3) is 0.900. The Labute approximate surface area is 77.1 Å². The summed E-state index contributed by atoms with van der Waals surface area (Å²) < 4.78 is 5.04. The molecule has 1 saturated heterocycles. The van der Waals surface area contributed by atoms with Gasteiger partial charge < -0.3 is 9.84 Å². The van der Waals surface area contributed by atoms with E-state index in [0.717, 1.165) is 12.8 Å². The van der Waals surface area contributed by atoms with Gasteiger partial charge >= 0.3 is 5.97 Å². The van der Waals surface area contributed by atoms with E-state index in [1.165, 1.54) is 0 Å². The van der Waals surface area contributed by atoms with Gasteiger partial charge in [-0.2, -0.15) is 0 Å². The molecule has 3 heteroatoms. The van der Waals surface area contributed by atoms with E-state index in [0.29, 0.717) is 24.4 Å². The molecule has 1 aliphatic heterocycles. The van der Waals surface area contributed by atoms with Crippen LogP contribution in [0.3, 0.4) is 0 Å². The van der Waals surface area contributed by atoms with Gasteiger partial charge in [-0.3, -0.25) is 4.79 Å². The average Bonchev–Trinajstić information content (AvgIpc) is 2.60. The summed E-state index contributed by atoms with van der Waals surface area (Å²) in [5.74, 6) is 1.09. The van der Waals surface area contributed by atoms with Crippen LogP contribution in [0.4, 0.5) is 0 Å². The van der Waals surface area contributed by atoms with Crippen molar-refractivity contribution in [2.24, 2.45) is 23.7 Å². The molecule has 0 aromatic rings. The van der Waals surface area contributed by atoms with Crippen molar-refractivity contribution >= 4 is 5.97 Å². The number of carbonyl (C=O) groups is 1. The zero-order valence-electron chi connectivity index (χ0n) is 7.69. The van der Waals surface area contributed by atoms with Crippen LogP contribution in [0.5, 0.6) is 0 Å². The van der Waals surface area contributed by atoms with E-state index in [4.69, 9.17) is 4.74 Å². The van der Waals surface area contributed by atoms with Gasteiger partial charge in [-0.05, 0) is 31.6 Å². The van der Waals surface area contributed by atoms with Crippen molar-refractivity contribution in [3.63, 3.8) is 0 Å². The van der Waals surface area contributed by atoms with Gasteiger partial charge in [-0.15, -0.1) is 0 Å². The van der Waals surface area contributed by atoms with Crippen LogP contribution in [-0.2, 0) is 9.53 Å². The lowest BCUT2D eigenvalue weighted by molar-refractivity contribution is -0.142. The highest BCUT2D eigenvalue weighted by Crippen LogP contribution is 2.59. The molecule has 2 saturated carbocycles. The lowest BCUT2D eigenvalue weighted by Gasteiger charge is -2.33. The largest absolute Gasteiger partial charge is 0.465 e. The molecule has 3 fully saturated rings. The zero-order chi connectivity index (χ0) is 9.22. The Hall–Kier alpha value is -0.570. The summed E-state index contributed by atoms with van der Waals surface area (Å²) >= 11 is 0. The van der Waals surface area contributed by atoms with Gasteiger partial charge in [0.05, 0.1) is 18.1 Å². The molecule has 13 heavy (non-hydrogen) atoms. The van der Waals surface area contributed by atoms with E-state index in [9.17, 15) is 9.90 Å². The topological polar surface area (TPSA) is 46.5 Å². The van der Waals surface area contributed by atoms with Crippen LogP contribution < -0.4 is 0 Å². The van der Waals surface area contributed by atoms with E-state index in [-0.39, 0.29) is 11.9 Å². The second kappa shape index (κ2) is 2.08. The Bertz CT molecular complexity index is 271. The van der Waals surface area contributed by atoms with E-state index in [1.54, 1.807) is 0 Å². The maximum absolute atomic E-state index is 11.4. The average molecular weight is 182 g/mol. The van der Waals surface area contributed by atoms with Crippen LogP contribution in [0.2, 0.25) is 0 Å². The molecule has 0 aromatic heterocycles. The van der Waals surface area contributed by atoms with Crippen LogP contribution in [0.25, 0.3) is 0 Å². The molecule has 3 aliphatic rings. The van der Waals surface area contributed by atoms with Gasteiger partial charge in [0.25, 0.3) is 0 Å². The van der Waals surface area contributed by atoms with Crippen LogP contribution >= 0.6 is 0 Å². The maximum Gasteiger partial charge on any atom is 0.309 e. The number of ether oxygens (including phenoxy) is 1. The molecule has 5 atom stereocenters. The maximum atomic E-state index is 11.4. The molecule has 2 aliphatic carbocycles. The van der Waals surface area contributed by atoms with Crippen molar-refractivity contribution in [3.05, 3.63) is 0 Å². The molecule has 0 amide bonds. The monoisotopic (exact) mass is 182 g/mol. The molecule has 0 spiro atoms. The first-order valence-electron chi connectivity index (χ1n) is 4.98. The van der Waals surface area contributed by atoms with Gasteiger partial charge in [0.1, 0.15) is 0 Å². The van der Waals surface area contributed by atoms with Crippen molar-refractivity contribution in [3.8, 4) is 0 Å². The Balaban J connectivity index is 1.96. The predicted octanol–water partition coefficient (Wildman–Crippen LogP) is 0.566. The fourth-order valence-corrected chi connectivity index (χ4v) is 3.72. The SMILES string of the molecule is CC1(O)CC2CC1C1COC(=O)C21. The molecule has 3 nitrogen and oxygen atoms in total. The fourth-order valence-electron chi connectivity index (χ4n) is 3.72. The number of fused-ring (bicyclic) bond motifs is 5. The predicted molar refractivity (Wildman–Crippen MR) is 44.8 cm³/mol. The Morgan fingerprint density at radius 1 is 1.62 bits per heavy atom. The molecule has 1 N–H and O–H groups in total. The van der Waals surface area contributed by atoms with Crippen molar-refractivity contribution in [2.75, 3.05) is 6.61 Å². The molecule has 1 heterocycles. The van der Waals surface area contributed by atoms with Gasteiger partial charge in [-0.25, -0.2) is 0 Å². The van der Waals surface area contributed by atoms with Crippen LogP contribution in [-0.4, -0.2) is 23.3 Å². The van der Waals surface area contributed by atoms with Crippen LogP contribution in [0.15, 0.2) is 0 Å². The molecular weight excluding hydrogens is 168 g/mol. The zero-order valence-corrected chi connectivity index (χ0v) is 7.69. The van der Waals surface area contributed by atoms with Gasteiger partial charge in [0, 0.05) is 5.92 Å². The summed E-state index contributed by atoms with van der Waals surface area (Å²) in [6.45, 7) is 2.44. The first-order chi connectivity index (χ1) is 6.09. The Kier molecular flexibility index (Phi) is 1.25. The first-order valence-corrected chi connectivity index (χ1v) is 4.98. The van der Waals surface area contributed by atoms with Crippen molar-refractivity contribution in [1.82, 2.24) is 0 Å². The summed E-state index contributed by atoms with van der Waals surface area (Å²) in [6, 6.07) is 0. The number of esters is 1. The normalized spacial score (nSPS) is 58.2. The molecule has 2 bridgehead atoms. The minimum absolute atomic E-state index is 0.0204. The molecule has 0 aromatic carbocycles. The van der Waals surface area contributed by atoms with Crippen molar-refractivity contribution in [2.45, 2.75) is 25.4 Å². The third-order valence-corrected chi connectivity index (χ3v) is 4.21. The number of carbonyl (C=O) groups excluding carboxylic acids is 1. The van der Waals surface area contributed by atoms with E-state index in [1.807, 2.05) is 6.92 Å². The summed E-state index contributed by atoms with van der Waals surface area (Å²) in [5.41, 5.74) is -0.542. The second-order valence-electron chi connectivity index (χ2n) is 4.98. The summed E-state index contributed by atoms with van der Waals surface area (Å²) in [6.07, 6.45) is 1.81. The highest BCUT2D eigenvalue weighted by atomic mass is 16.5. The van der Waals surface area contributed by atoms with Gasteiger partial charge in [0.15, 0.2) is 0 Å². The Morgan fingerprint density at radius 2 is 2.38 bits per heavy atom. The quantitative estimate of drug-likeness (QED) is 0.557. The summed E-state index contributed by atoms with van der Waals surface area (Å²) in [5, 5.41) is 10.1. The van der Waals surface area contributed by atoms with Crippen LogP contribution in [0.1, 0.15) is 19.8 Å². The van der Waals surface area contributed by atoms with Gasteiger partial charge in [-0.1, -0.05) is 0 Å². The number of hydrogen-bond donors (Lipinski definition) is 1. The third-order valence-electron chi connectivity index (χ3n) is 4.21. The summed E-state index contributed by atoms with van der Waals surface area (Å²) in [4.78, 5) is 11.4. The van der Waals surface area contributed by atoms with Crippen LogP contribution in [0, 0.1) is 23.7 Å². The number of rotatable bonds is 0. The number of cyclic esters (lactones) is 1. The smallest absolute Gasteiger partial charge is 0.309 e. The van der Waals surface area contributed by atoms with Gasteiger partial charge in [0.2, 0.25) is 0 Å². The molecule has 3 rings (SSSR count). The molecule has 5 unspecified atom stereocenters. The van der Waals surface area contributed by atoms with E-state index < -0.39 is 5.60 Å². The standard InChI is InChI=1S/C10H14O3/c1-10(12)3-5-2-7(10)6-4-13-9(11)8(5)6/h5-8,12H,2-4H2,1H3. The lowest BCUT2D eigenvalue weighted by Crippen LogP contribution is -2.40. The Morgan fingerprint density at radius 3 is 3.15 bits per heavy atom. The molecule has 0 radical (unpaired) electrons. The lowest BCUT2D eigenvalue weighted by atomic mass is 9.74. The third kappa shape index (κ3) is 0.810. The van der Waals surface area contributed by atoms with E-state index in [2.05, 4.69) is 0 Å². The second-order valence-corrected chi connectivity index (χ2v) is 4.98. The summed E-state index contributed by atoms with van der Waals surface area (Å²) in [7, 11) is 0. The highest BCUT2D eigenvalue weighted by molar-refractivity contribution is 5.76. The van der Waals surface area contributed by atoms with E-state index >= 15 is 0 Å². The first kappa shape index (κ1) is 7.80. The number of aliphatic hydroxyl groups is 1. The molecular formula is C10H14O3. The van der Waals surface area contributed by atoms with Crippen molar-refractivity contribution < 1.29 is 14.6 Å².